The Hall–Kier alpha value is -1.56. The van der Waals surface area contributed by atoms with Gasteiger partial charge in [-0.3, -0.25) is 9.36 Å². The van der Waals surface area contributed by atoms with E-state index in [1.54, 1.807) is 12.1 Å². The van der Waals surface area contributed by atoms with Crippen LogP contribution in [0.25, 0.3) is 0 Å². The van der Waals surface area contributed by atoms with Crippen LogP contribution in [0.15, 0.2) is 42.5 Å². The van der Waals surface area contributed by atoms with E-state index >= 15 is 0 Å². The molecular formula is C20H23Cl2O6P. The second-order valence-electron chi connectivity index (χ2n) is 6.58. The maximum Gasteiger partial charge on any atom is 0.308 e. The summed E-state index contributed by atoms with van der Waals surface area (Å²) in [6, 6.07) is 12.7. The van der Waals surface area contributed by atoms with Crippen molar-refractivity contribution in [3.63, 3.8) is 0 Å². The molecule has 6 nitrogen and oxygen atoms in total. The summed E-state index contributed by atoms with van der Waals surface area (Å²) in [7, 11) is -2.53. The summed E-state index contributed by atoms with van der Waals surface area (Å²) >= 11 is 12.4. The molecule has 2 aromatic carbocycles. The van der Waals surface area contributed by atoms with Crippen molar-refractivity contribution in [2.24, 2.45) is 0 Å². The molecule has 29 heavy (non-hydrogen) atoms. The van der Waals surface area contributed by atoms with Crippen molar-refractivity contribution < 1.29 is 28.8 Å². The largest absolute Gasteiger partial charge is 0.489 e. The zero-order chi connectivity index (χ0) is 21.4. The van der Waals surface area contributed by atoms with E-state index in [4.69, 9.17) is 27.9 Å². The summed E-state index contributed by atoms with van der Waals surface area (Å²) in [5, 5.41) is 10.6. The molecular weight excluding hydrogens is 438 g/mol. The number of ether oxygens (including phenoxy) is 2. The molecule has 2 atom stereocenters. The van der Waals surface area contributed by atoms with E-state index in [0.29, 0.717) is 28.0 Å². The first-order valence-electron chi connectivity index (χ1n) is 8.90. The minimum atomic E-state index is -3.71. The second kappa shape index (κ2) is 11.0. The SMILES string of the molecule is COC(=O)CC(O)CP(=O)(O)CCc1c(Cl)cc(Cl)cc1OCc1ccccc1. The highest BCUT2D eigenvalue weighted by Gasteiger charge is 2.26. The monoisotopic (exact) mass is 460 g/mol. The fourth-order valence-electron chi connectivity index (χ4n) is 2.73. The first-order chi connectivity index (χ1) is 13.7. The van der Waals surface area contributed by atoms with Gasteiger partial charge >= 0.3 is 5.97 Å². The normalized spacial score (nSPS) is 14.1. The number of methoxy groups -OCH3 is 1. The fourth-order valence-corrected chi connectivity index (χ4v) is 4.85. The zero-order valence-corrected chi connectivity index (χ0v) is 18.3. The van der Waals surface area contributed by atoms with Gasteiger partial charge in [-0.1, -0.05) is 53.5 Å². The van der Waals surface area contributed by atoms with Crippen molar-refractivity contribution in [2.45, 2.75) is 25.6 Å². The summed E-state index contributed by atoms with van der Waals surface area (Å²) in [6.45, 7) is 0.291. The van der Waals surface area contributed by atoms with E-state index in [1.165, 1.54) is 7.11 Å². The summed E-state index contributed by atoms with van der Waals surface area (Å²) in [4.78, 5) is 21.4. The number of esters is 1. The third-order valence-electron chi connectivity index (χ3n) is 4.19. The van der Waals surface area contributed by atoms with Crippen LogP contribution in [0.4, 0.5) is 0 Å². The Kier molecular flexibility index (Phi) is 9.00. The van der Waals surface area contributed by atoms with Crippen LogP contribution in [-0.4, -0.2) is 41.5 Å². The summed E-state index contributed by atoms with van der Waals surface area (Å²) in [6.07, 6.45) is -1.98. The number of hydrogen-bond donors (Lipinski definition) is 2. The van der Waals surface area contributed by atoms with Gasteiger partial charge < -0.3 is 19.5 Å². The highest BCUT2D eigenvalue weighted by molar-refractivity contribution is 7.58. The summed E-state index contributed by atoms with van der Waals surface area (Å²) < 4.78 is 22.8. The van der Waals surface area contributed by atoms with Gasteiger partial charge in [-0.25, -0.2) is 0 Å². The van der Waals surface area contributed by atoms with Crippen LogP contribution in [-0.2, 0) is 27.1 Å². The fraction of sp³-hybridized carbons (Fsp3) is 0.350. The number of hydrogen-bond acceptors (Lipinski definition) is 5. The van der Waals surface area contributed by atoms with Crippen molar-refractivity contribution in [3.05, 3.63) is 63.6 Å². The first kappa shape index (κ1) is 23.7. The molecule has 0 radical (unpaired) electrons. The number of carbonyl (C=O) groups excluding carboxylic acids is 1. The number of aliphatic hydroxyl groups is 1. The molecule has 2 N–H and O–H groups in total. The van der Waals surface area contributed by atoms with E-state index in [1.807, 2.05) is 30.3 Å². The number of rotatable bonds is 10. The summed E-state index contributed by atoms with van der Waals surface area (Å²) in [5.74, 6) is -0.212. The van der Waals surface area contributed by atoms with Gasteiger partial charge in [-0.15, -0.1) is 0 Å². The van der Waals surface area contributed by atoms with Gasteiger partial charge in [0.25, 0.3) is 0 Å². The number of carbonyl (C=O) groups is 1. The molecule has 0 heterocycles. The minimum absolute atomic E-state index is 0.131. The molecule has 2 aromatic rings. The van der Waals surface area contributed by atoms with Gasteiger partial charge in [0.15, 0.2) is 0 Å². The average Bonchev–Trinajstić information content (AvgIpc) is 2.65. The molecule has 0 aliphatic carbocycles. The predicted octanol–water partition coefficient (Wildman–Crippen LogP) is 4.31. The second-order valence-corrected chi connectivity index (χ2v) is 9.92. The lowest BCUT2D eigenvalue weighted by Gasteiger charge is -2.18. The molecule has 158 valence electrons. The standard InChI is InChI=1S/C20H23Cl2O6P/c1-27-20(24)11-16(23)13-29(25,26)8-7-17-18(22)9-15(21)10-19(17)28-12-14-5-3-2-4-6-14/h2-6,9-10,16,23H,7-8,11-13H2,1H3,(H,25,26). The van der Waals surface area contributed by atoms with Crippen LogP contribution >= 0.6 is 30.6 Å². The number of aliphatic hydroxyl groups excluding tert-OH is 1. The lowest BCUT2D eigenvalue weighted by atomic mass is 10.1. The molecule has 0 bridgehead atoms. The molecule has 2 unspecified atom stereocenters. The molecule has 0 aliphatic heterocycles. The number of benzene rings is 2. The Bertz CT molecular complexity index is 875. The van der Waals surface area contributed by atoms with E-state index in [9.17, 15) is 19.4 Å². The van der Waals surface area contributed by atoms with E-state index in [2.05, 4.69) is 4.74 Å². The lowest BCUT2D eigenvalue weighted by molar-refractivity contribution is -0.142. The predicted molar refractivity (Wildman–Crippen MR) is 113 cm³/mol. The average molecular weight is 461 g/mol. The van der Waals surface area contributed by atoms with Crippen LogP contribution in [0.1, 0.15) is 17.5 Å². The van der Waals surface area contributed by atoms with Crippen LogP contribution in [0, 0.1) is 0 Å². The van der Waals surface area contributed by atoms with Crippen molar-refractivity contribution in [1.29, 1.82) is 0 Å². The molecule has 0 amide bonds. The van der Waals surface area contributed by atoms with Crippen LogP contribution in [0.2, 0.25) is 10.0 Å². The van der Waals surface area contributed by atoms with Crippen LogP contribution in [0.5, 0.6) is 5.75 Å². The zero-order valence-electron chi connectivity index (χ0n) is 15.9. The van der Waals surface area contributed by atoms with Gasteiger partial charge in [0.2, 0.25) is 7.37 Å². The highest BCUT2D eigenvalue weighted by atomic mass is 35.5. The Labute approximate surface area is 179 Å². The molecule has 0 spiro atoms. The topological polar surface area (TPSA) is 93.1 Å². The van der Waals surface area contributed by atoms with E-state index in [0.717, 1.165) is 5.56 Å². The molecule has 2 rings (SSSR count). The maximum atomic E-state index is 12.5. The van der Waals surface area contributed by atoms with Crippen molar-refractivity contribution >= 4 is 36.5 Å². The van der Waals surface area contributed by atoms with Crippen LogP contribution < -0.4 is 4.74 Å². The maximum absolute atomic E-state index is 12.5. The van der Waals surface area contributed by atoms with E-state index in [-0.39, 0.29) is 19.0 Å². The van der Waals surface area contributed by atoms with Gasteiger partial charge in [0, 0.05) is 21.8 Å². The van der Waals surface area contributed by atoms with Gasteiger partial charge in [-0.05, 0) is 24.1 Å². The van der Waals surface area contributed by atoms with Crippen molar-refractivity contribution in [2.75, 3.05) is 19.4 Å². The Morgan fingerprint density at radius 3 is 2.55 bits per heavy atom. The molecule has 9 heteroatoms. The van der Waals surface area contributed by atoms with Crippen LogP contribution in [0.3, 0.4) is 0 Å². The van der Waals surface area contributed by atoms with Gasteiger partial charge in [0.1, 0.15) is 12.4 Å². The molecule has 0 saturated heterocycles. The summed E-state index contributed by atoms with van der Waals surface area (Å²) in [5.41, 5.74) is 1.51. The molecule has 0 aliphatic rings. The Morgan fingerprint density at radius 1 is 1.21 bits per heavy atom. The third-order valence-corrected chi connectivity index (χ3v) is 6.66. The third kappa shape index (κ3) is 8.00. The quantitative estimate of drug-likeness (QED) is 0.405. The van der Waals surface area contributed by atoms with E-state index < -0.39 is 25.6 Å². The molecule has 0 saturated carbocycles. The molecule has 0 fully saturated rings. The van der Waals surface area contributed by atoms with Gasteiger partial charge in [-0.2, -0.15) is 0 Å². The highest BCUT2D eigenvalue weighted by Crippen LogP contribution is 2.44. The lowest BCUT2D eigenvalue weighted by Crippen LogP contribution is -2.19. The van der Waals surface area contributed by atoms with Crippen molar-refractivity contribution in [1.82, 2.24) is 0 Å². The smallest absolute Gasteiger partial charge is 0.308 e. The van der Waals surface area contributed by atoms with Gasteiger partial charge in [0.05, 0.1) is 25.8 Å². The van der Waals surface area contributed by atoms with Crippen molar-refractivity contribution in [3.8, 4) is 5.75 Å². The molecule has 0 aromatic heterocycles. The first-order valence-corrected chi connectivity index (χ1v) is 11.7. The Morgan fingerprint density at radius 2 is 1.90 bits per heavy atom. The minimum Gasteiger partial charge on any atom is -0.489 e. The number of halogens is 2. The Balaban J connectivity index is 2.07.